The Morgan fingerprint density at radius 3 is 3.00 bits per heavy atom. The lowest BCUT2D eigenvalue weighted by molar-refractivity contribution is 0.0739. The molecule has 2 atom stereocenters. The Labute approximate surface area is 116 Å². The SMILES string of the molecule is CC1CCN(C(=O)c2csc(Br)c2)C1CBr. The lowest BCUT2D eigenvalue weighted by Crippen LogP contribution is -2.38. The highest BCUT2D eigenvalue weighted by atomic mass is 79.9. The number of alkyl halides is 1. The van der Waals surface area contributed by atoms with E-state index in [0.717, 1.165) is 27.6 Å². The molecule has 0 radical (unpaired) electrons. The van der Waals surface area contributed by atoms with Gasteiger partial charge in [-0.05, 0) is 34.3 Å². The Kier molecular flexibility index (Phi) is 4.08. The number of hydrogen-bond donors (Lipinski definition) is 0. The van der Waals surface area contributed by atoms with E-state index in [0.29, 0.717) is 12.0 Å². The summed E-state index contributed by atoms with van der Waals surface area (Å²) in [5, 5.41) is 2.78. The van der Waals surface area contributed by atoms with Crippen LogP contribution in [0.15, 0.2) is 15.2 Å². The van der Waals surface area contributed by atoms with Crippen molar-refractivity contribution in [3.63, 3.8) is 0 Å². The standard InChI is InChI=1S/C11H13Br2NOS/c1-7-2-3-14(9(7)5-12)11(15)8-4-10(13)16-6-8/h4,6-7,9H,2-3,5H2,1H3. The van der Waals surface area contributed by atoms with E-state index in [9.17, 15) is 4.79 Å². The predicted molar refractivity (Wildman–Crippen MR) is 74.4 cm³/mol. The number of rotatable bonds is 2. The first-order valence-electron chi connectivity index (χ1n) is 5.24. The summed E-state index contributed by atoms with van der Waals surface area (Å²) in [6.45, 7) is 3.09. The number of nitrogens with zero attached hydrogens (tertiary/aromatic N) is 1. The lowest BCUT2D eigenvalue weighted by Gasteiger charge is -2.24. The van der Waals surface area contributed by atoms with Gasteiger partial charge in [-0.3, -0.25) is 4.79 Å². The van der Waals surface area contributed by atoms with Gasteiger partial charge in [0.1, 0.15) is 0 Å². The van der Waals surface area contributed by atoms with Crippen molar-refractivity contribution >= 4 is 49.1 Å². The molecule has 1 fully saturated rings. The van der Waals surface area contributed by atoms with Gasteiger partial charge in [0.25, 0.3) is 5.91 Å². The van der Waals surface area contributed by atoms with Crippen molar-refractivity contribution in [3.05, 3.63) is 20.8 Å². The second kappa shape index (κ2) is 5.19. The van der Waals surface area contributed by atoms with Crippen LogP contribution in [0, 0.1) is 5.92 Å². The van der Waals surface area contributed by atoms with Gasteiger partial charge < -0.3 is 4.90 Å². The van der Waals surface area contributed by atoms with Gasteiger partial charge in [0, 0.05) is 23.3 Å². The van der Waals surface area contributed by atoms with Crippen LogP contribution in [0.1, 0.15) is 23.7 Å². The first kappa shape index (κ1) is 12.6. The molecule has 0 bridgehead atoms. The summed E-state index contributed by atoms with van der Waals surface area (Å²) >= 11 is 8.45. The normalized spacial score (nSPS) is 25.1. The summed E-state index contributed by atoms with van der Waals surface area (Å²) in [4.78, 5) is 14.3. The fourth-order valence-corrected chi connectivity index (χ4v) is 4.20. The fourth-order valence-electron chi connectivity index (χ4n) is 2.08. The van der Waals surface area contributed by atoms with Gasteiger partial charge in [-0.15, -0.1) is 11.3 Å². The predicted octanol–water partition coefficient (Wildman–Crippen LogP) is 3.76. The molecule has 1 aromatic rings. The molecule has 1 aliphatic heterocycles. The number of likely N-dealkylation sites (tertiary alicyclic amines) is 1. The molecular weight excluding hydrogens is 354 g/mol. The van der Waals surface area contributed by atoms with Crippen LogP contribution >= 0.6 is 43.2 Å². The Morgan fingerprint density at radius 1 is 1.69 bits per heavy atom. The second-order valence-electron chi connectivity index (χ2n) is 4.13. The fraction of sp³-hybridized carbons (Fsp3) is 0.545. The van der Waals surface area contributed by atoms with Crippen molar-refractivity contribution in [2.24, 2.45) is 5.92 Å². The van der Waals surface area contributed by atoms with Gasteiger partial charge in [-0.2, -0.15) is 0 Å². The molecule has 0 spiro atoms. The summed E-state index contributed by atoms with van der Waals surface area (Å²) in [5.41, 5.74) is 0.803. The first-order valence-corrected chi connectivity index (χ1v) is 8.04. The molecule has 2 unspecified atom stereocenters. The molecule has 0 N–H and O–H groups in total. The number of carbonyl (C=O) groups is 1. The highest BCUT2D eigenvalue weighted by Crippen LogP contribution is 2.29. The van der Waals surface area contributed by atoms with Gasteiger partial charge in [0.15, 0.2) is 0 Å². The summed E-state index contributed by atoms with van der Waals surface area (Å²) in [6, 6.07) is 2.24. The minimum Gasteiger partial charge on any atom is -0.335 e. The third-order valence-corrected chi connectivity index (χ3v) is 5.28. The molecule has 1 aromatic heterocycles. The average molecular weight is 367 g/mol. The van der Waals surface area contributed by atoms with E-state index in [1.54, 1.807) is 11.3 Å². The Bertz CT molecular complexity index is 393. The average Bonchev–Trinajstić information content (AvgIpc) is 2.83. The van der Waals surface area contributed by atoms with Crippen LogP contribution in [0.4, 0.5) is 0 Å². The van der Waals surface area contributed by atoms with Crippen LogP contribution in [0.25, 0.3) is 0 Å². The Hall–Kier alpha value is 0.130. The highest BCUT2D eigenvalue weighted by Gasteiger charge is 2.34. The van der Waals surface area contributed by atoms with Crippen molar-refractivity contribution in [1.29, 1.82) is 0 Å². The zero-order valence-corrected chi connectivity index (χ0v) is 12.9. The van der Waals surface area contributed by atoms with E-state index in [4.69, 9.17) is 0 Å². The maximum atomic E-state index is 12.3. The summed E-state index contributed by atoms with van der Waals surface area (Å²) in [6.07, 6.45) is 1.10. The van der Waals surface area contributed by atoms with Crippen LogP contribution in [-0.4, -0.2) is 28.7 Å². The molecule has 5 heteroatoms. The Morgan fingerprint density at radius 2 is 2.44 bits per heavy atom. The molecule has 88 valence electrons. The number of halogens is 2. The molecule has 2 heterocycles. The molecule has 2 rings (SSSR count). The minimum absolute atomic E-state index is 0.163. The minimum atomic E-state index is 0.163. The Balaban J connectivity index is 2.16. The maximum absolute atomic E-state index is 12.3. The molecule has 16 heavy (non-hydrogen) atoms. The molecule has 0 saturated carbocycles. The van der Waals surface area contributed by atoms with Gasteiger partial charge in [-0.25, -0.2) is 0 Å². The van der Waals surface area contributed by atoms with Gasteiger partial charge in [-0.1, -0.05) is 22.9 Å². The van der Waals surface area contributed by atoms with Crippen molar-refractivity contribution in [2.75, 3.05) is 11.9 Å². The maximum Gasteiger partial charge on any atom is 0.255 e. The van der Waals surface area contributed by atoms with Crippen molar-refractivity contribution in [3.8, 4) is 0 Å². The largest absolute Gasteiger partial charge is 0.335 e. The second-order valence-corrected chi connectivity index (χ2v) is 7.06. The molecule has 1 amide bonds. The summed E-state index contributed by atoms with van der Waals surface area (Å²) < 4.78 is 1.01. The van der Waals surface area contributed by atoms with Crippen molar-refractivity contribution in [2.45, 2.75) is 19.4 Å². The molecule has 0 aromatic carbocycles. The van der Waals surface area contributed by atoms with E-state index in [1.807, 2.05) is 16.3 Å². The third kappa shape index (κ3) is 2.36. The van der Waals surface area contributed by atoms with Gasteiger partial charge in [0.05, 0.1) is 9.35 Å². The van der Waals surface area contributed by atoms with E-state index in [1.165, 1.54) is 0 Å². The smallest absolute Gasteiger partial charge is 0.255 e. The van der Waals surface area contributed by atoms with E-state index in [-0.39, 0.29) is 5.91 Å². The molecule has 2 nitrogen and oxygen atoms in total. The first-order chi connectivity index (χ1) is 7.63. The van der Waals surface area contributed by atoms with Crippen LogP contribution in [0.5, 0.6) is 0 Å². The quantitative estimate of drug-likeness (QED) is 0.730. The molecule has 1 saturated heterocycles. The lowest BCUT2D eigenvalue weighted by atomic mass is 10.1. The van der Waals surface area contributed by atoms with Gasteiger partial charge >= 0.3 is 0 Å². The summed E-state index contributed by atoms with van der Waals surface area (Å²) in [7, 11) is 0. The van der Waals surface area contributed by atoms with Crippen LogP contribution in [0.3, 0.4) is 0 Å². The number of hydrogen-bond acceptors (Lipinski definition) is 2. The van der Waals surface area contributed by atoms with Gasteiger partial charge in [0.2, 0.25) is 0 Å². The number of amides is 1. The van der Waals surface area contributed by atoms with Crippen LogP contribution in [-0.2, 0) is 0 Å². The van der Waals surface area contributed by atoms with Crippen molar-refractivity contribution in [1.82, 2.24) is 4.90 Å². The van der Waals surface area contributed by atoms with Crippen molar-refractivity contribution < 1.29 is 4.79 Å². The molecular formula is C11H13Br2NOS. The monoisotopic (exact) mass is 365 g/mol. The van der Waals surface area contributed by atoms with Crippen LogP contribution in [0.2, 0.25) is 0 Å². The third-order valence-electron chi connectivity index (χ3n) is 3.12. The number of carbonyl (C=O) groups excluding carboxylic acids is 1. The zero-order valence-electron chi connectivity index (χ0n) is 8.95. The van der Waals surface area contributed by atoms with Crippen LogP contribution < -0.4 is 0 Å². The highest BCUT2D eigenvalue weighted by molar-refractivity contribution is 9.11. The topological polar surface area (TPSA) is 20.3 Å². The summed E-state index contributed by atoms with van der Waals surface area (Å²) in [5.74, 6) is 0.751. The van der Waals surface area contributed by atoms with E-state index in [2.05, 4.69) is 38.8 Å². The molecule has 0 aliphatic carbocycles. The van der Waals surface area contributed by atoms with E-state index >= 15 is 0 Å². The number of thiophene rings is 1. The zero-order chi connectivity index (χ0) is 11.7. The van der Waals surface area contributed by atoms with E-state index < -0.39 is 0 Å². The molecule has 1 aliphatic rings.